The lowest BCUT2D eigenvalue weighted by molar-refractivity contribution is 0.170. The van der Waals surface area contributed by atoms with Gasteiger partial charge in [-0.3, -0.25) is 0 Å². The topological polar surface area (TPSA) is 18.5 Å². The van der Waals surface area contributed by atoms with Gasteiger partial charge in [0.15, 0.2) is 11.6 Å². The molecule has 1 rings (SSSR count). The highest BCUT2D eigenvalue weighted by atomic mass is 35.5. The van der Waals surface area contributed by atoms with Gasteiger partial charge in [0.05, 0.1) is 6.61 Å². The molecule has 0 radical (unpaired) electrons. The molecule has 1 aromatic carbocycles. The van der Waals surface area contributed by atoms with Gasteiger partial charge in [-0.05, 0) is 17.7 Å². The smallest absolute Gasteiger partial charge is 0.165 e. The summed E-state index contributed by atoms with van der Waals surface area (Å²) in [6.45, 7) is 1.05. The molecule has 0 spiro atoms. The number of benzene rings is 1. The van der Waals surface area contributed by atoms with Crippen LogP contribution < -0.4 is 4.74 Å². The van der Waals surface area contributed by atoms with Crippen LogP contribution in [-0.4, -0.2) is 20.3 Å². The average molecular weight is 233 g/mol. The lowest BCUT2D eigenvalue weighted by Crippen LogP contribution is -2.02. The molecule has 0 atom stereocenters. The fraction of sp³-hybridized carbons (Fsp3) is 0.455. The summed E-state index contributed by atoms with van der Waals surface area (Å²) < 4.78 is 23.3. The summed E-state index contributed by atoms with van der Waals surface area (Å²) in [6.07, 6.45) is 0.737. The van der Waals surface area contributed by atoms with Gasteiger partial charge in [-0.1, -0.05) is 6.07 Å². The standard InChI is InChI=1S/C11H14ClFO2/c1-14-5-2-6-15-11-7-9(8-12)3-4-10(11)13/h3-4,7H,2,5-6,8H2,1H3. The lowest BCUT2D eigenvalue weighted by Gasteiger charge is -2.07. The third kappa shape index (κ3) is 4.06. The summed E-state index contributed by atoms with van der Waals surface area (Å²) in [6, 6.07) is 4.63. The quantitative estimate of drug-likeness (QED) is 0.555. The van der Waals surface area contributed by atoms with Crippen molar-refractivity contribution in [2.75, 3.05) is 20.3 Å². The van der Waals surface area contributed by atoms with E-state index in [-0.39, 0.29) is 11.6 Å². The zero-order valence-electron chi connectivity index (χ0n) is 8.63. The summed E-state index contributed by atoms with van der Waals surface area (Å²) in [5.74, 6) is 0.250. The van der Waals surface area contributed by atoms with E-state index in [0.29, 0.717) is 19.1 Å². The largest absolute Gasteiger partial charge is 0.490 e. The van der Waals surface area contributed by atoms with E-state index in [0.717, 1.165) is 12.0 Å². The molecule has 0 aromatic heterocycles. The SMILES string of the molecule is COCCCOc1cc(CCl)ccc1F. The van der Waals surface area contributed by atoms with Crippen LogP contribution in [0.4, 0.5) is 4.39 Å². The molecule has 0 amide bonds. The van der Waals surface area contributed by atoms with Crippen molar-refractivity contribution in [1.82, 2.24) is 0 Å². The minimum absolute atomic E-state index is 0.254. The molecule has 0 bridgehead atoms. The van der Waals surface area contributed by atoms with Gasteiger partial charge in [0.2, 0.25) is 0 Å². The molecular formula is C11H14ClFO2. The molecule has 0 fully saturated rings. The van der Waals surface area contributed by atoms with Gasteiger partial charge in [0, 0.05) is 26.0 Å². The Morgan fingerprint density at radius 1 is 1.33 bits per heavy atom. The van der Waals surface area contributed by atoms with Crippen molar-refractivity contribution in [3.63, 3.8) is 0 Å². The van der Waals surface area contributed by atoms with Crippen molar-refractivity contribution >= 4 is 11.6 Å². The Hall–Kier alpha value is -0.800. The third-order valence-electron chi connectivity index (χ3n) is 1.90. The van der Waals surface area contributed by atoms with Gasteiger partial charge in [-0.25, -0.2) is 4.39 Å². The summed E-state index contributed by atoms with van der Waals surface area (Å²) >= 11 is 5.64. The van der Waals surface area contributed by atoms with E-state index >= 15 is 0 Å². The summed E-state index contributed by atoms with van der Waals surface area (Å²) in [4.78, 5) is 0. The number of halogens is 2. The Morgan fingerprint density at radius 2 is 2.13 bits per heavy atom. The number of methoxy groups -OCH3 is 1. The molecule has 15 heavy (non-hydrogen) atoms. The number of rotatable bonds is 6. The van der Waals surface area contributed by atoms with E-state index in [9.17, 15) is 4.39 Å². The van der Waals surface area contributed by atoms with Crippen LogP contribution in [0.5, 0.6) is 5.75 Å². The number of hydrogen-bond donors (Lipinski definition) is 0. The van der Waals surface area contributed by atoms with Crippen molar-refractivity contribution in [1.29, 1.82) is 0 Å². The van der Waals surface area contributed by atoms with Crippen LogP contribution in [0.3, 0.4) is 0 Å². The molecule has 0 aliphatic rings. The Kier molecular flexibility index (Phi) is 5.43. The number of alkyl halides is 1. The van der Waals surface area contributed by atoms with Crippen LogP contribution in [0.1, 0.15) is 12.0 Å². The van der Waals surface area contributed by atoms with Crippen molar-refractivity contribution < 1.29 is 13.9 Å². The predicted octanol–water partition coefficient (Wildman–Crippen LogP) is 2.98. The Balaban J connectivity index is 2.51. The van der Waals surface area contributed by atoms with E-state index in [4.69, 9.17) is 21.1 Å². The number of ether oxygens (including phenoxy) is 2. The maximum Gasteiger partial charge on any atom is 0.165 e. The van der Waals surface area contributed by atoms with Gasteiger partial charge < -0.3 is 9.47 Å². The first-order valence-electron chi connectivity index (χ1n) is 4.74. The average Bonchev–Trinajstić information content (AvgIpc) is 2.26. The molecule has 2 nitrogen and oxygen atoms in total. The molecule has 0 N–H and O–H groups in total. The monoisotopic (exact) mass is 232 g/mol. The zero-order valence-corrected chi connectivity index (χ0v) is 9.39. The van der Waals surface area contributed by atoms with Gasteiger partial charge in [0.1, 0.15) is 0 Å². The maximum absolute atomic E-state index is 13.2. The second kappa shape index (κ2) is 6.64. The third-order valence-corrected chi connectivity index (χ3v) is 2.21. The minimum Gasteiger partial charge on any atom is -0.490 e. The van der Waals surface area contributed by atoms with E-state index in [1.165, 1.54) is 6.07 Å². The molecule has 4 heteroatoms. The minimum atomic E-state index is -0.360. The van der Waals surface area contributed by atoms with Crippen LogP contribution in [0.25, 0.3) is 0 Å². The molecule has 0 saturated heterocycles. The molecule has 84 valence electrons. The van der Waals surface area contributed by atoms with E-state index < -0.39 is 0 Å². The highest BCUT2D eigenvalue weighted by Crippen LogP contribution is 2.19. The number of hydrogen-bond acceptors (Lipinski definition) is 2. The van der Waals surface area contributed by atoms with Crippen molar-refractivity contribution in [3.8, 4) is 5.75 Å². The molecule has 0 heterocycles. The first-order valence-corrected chi connectivity index (χ1v) is 5.27. The highest BCUT2D eigenvalue weighted by Gasteiger charge is 2.04. The van der Waals surface area contributed by atoms with Gasteiger partial charge in [-0.15, -0.1) is 11.6 Å². The molecule has 0 aliphatic carbocycles. The van der Waals surface area contributed by atoms with Crippen LogP contribution in [0.15, 0.2) is 18.2 Å². The molecular weight excluding hydrogens is 219 g/mol. The van der Waals surface area contributed by atoms with Crippen molar-refractivity contribution in [2.45, 2.75) is 12.3 Å². The Bertz CT molecular complexity index is 305. The van der Waals surface area contributed by atoms with E-state index in [2.05, 4.69) is 0 Å². The van der Waals surface area contributed by atoms with Crippen molar-refractivity contribution in [2.24, 2.45) is 0 Å². The molecule has 0 aliphatic heterocycles. The normalized spacial score (nSPS) is 10.3. The Morgan fingerprint density at radius 3 is 2.80 bits per heavy atom. The maximum atomic E-state index is 13.2. The van der Waals surface area contributed by atoms with Crippen LogP contribution in [-0.2, 0) is 10.6 Å². The van der Waals surface area contributed by atoms with E-state index in [1.807, 2.05) is 0 Å². The zero-order chi connectivity index (χ0) is 11.1. The van der Waals surface area contributed by atoms with E-state index in [1.54, 1.807) is 19.2 Å². The van der Waals surface area contributed by atoms with Crippen molar-refractivity contribution in [3.05, 3.63) is 29.6 Å². The van der Waals surface area contributed by atoms with Crippen LogP contribution in [0, 0.1) is 5.82 Å². The second-order valence-electron chi connectivity index (χ2n) is 3.09. The molecule has 1 aromatic rings. The highest BCUT2D eigenvalue weighted by molar-refractivity contribution is 6.17. The summed E-state index contributed by atoms with van der Waals surface area (Å²) in [5, 5.41) is 0. The summed E-state index contributed by atoms with van der Waals surface area (Å²) in [5.41, 5.74) is 0.847. The van der Waals surface area contributed by atoms with Crippen LogP contribution in [0.2, 0.25) is 0 Å². The first-order chi connectivity index (χ1) is 7.27. The lowest BCUT2D eigenvalue weighted by atomic mass is 10.2. The Labute approximate surface area is 94.0 Å². The van der Waals surface area contributed by atoms with Gasteiger partial charge >= 0.3 is 0 Å². The van der Waals surface area contributed by atoms with Crippen LogP contribution >= 0.6 is 11.6 Å². The second-order valence-corrected chi connectivity index (χ2v) is 3.36. The molecule has 0 unspecified atom stereocenters. The summed E-state index contributed by atoms with van der Waals surface area (Å²) in [7, 11) is 1.62. The van der Waals surface area contributed by atoms with Gasteiger partial charge in [0.25, 0.3) is 0 Å². The predicted molar refractivity (Wildman–Crippen MR) is 57.9 cm³/mol. The molecule has 0 saturated carbocycles. The fourth-order valence-electron chi connectivity index (χ4n) is 1.13. The fourth-order valence-corrected chi connectivity index (χ4v) is 1.29. The first kappa shape index (κ1) is 12.3. The van der Waals surface area contributed by atoms with Gasteiger partial charge in [-0.2, -0.15) is 0 Å².